The summed E-state index contributed by atoms with van der Waals surface area (Å²) >= 11 is 0. The van der Waals surface area contributed by atoms with E-state index in [1.807, 2.05) is 0 Å². The molecule has 3 rings (SSSR count). The fraction of sp³-hybridized carbons (Fsp3) is 0.350. The van der Waals surface area contributed by atoms with E-state index in [1.165, 1.54) is 23.5 Å². The van der Waals surface area contributed by atoms with E-state index in [2.05, 4.69) is 5.32 Å². The van der Waals surface area contributed by atoms with Gasteiger partial charge in [-0.3, -0.25) is 4.79 Å². The number of carbonyl (C=O) groups is 1. The lowest BCUT2D eigenvalue weighted by Crippen LogP contribution is -2.43. The van der Waals surface area contributed by atoms with Crippen LogP contribution in [0.15, 0.2) is 41.3 Å². The monoisotopic (exact) mass is 424 g/mol. The Morgan fingerprint density at radius 2 is 1.93 bits per heavy atom. The lowest BCUT2D eigenvalue weighted by Gasteiger charge is -2.31. The number of sulfonamides is 1. The number of hydrogen-bond donors (Lipinski definition) is 1. The number of nitrogens with zero attached hydrogens (tertiary/aromatic N) is 1. The lowest BCUT2D eigenvalue weighted by molar-refractivity contribution is -0.120. The first kappa shape index (κ1) is 21.2. The molecule has 2 aromatic rings. The molecule has 1 amide bonds. The molecular weight excluding hydrogens is 402 g/mol. The number of benzene rings is 2. The molecule has 0 saturated carbocycles. The summed E-state index contributed by atoms with van der Waals surface area (Å²) in [7, 11) is -2.26. The van der Waals surface area contributed by atoms with E-state index in [0.717, 1.165) is 12.1 Å². The van der Waals surface area contributed by atoms with Gasteiger partial charge in [-0.25, -0.2) is 17.2 Å². The molecule has 1 aliphatic rings. The van der Waals surface area contributed by atoms with Crippen LogP contribution in [0.5, 0.6) is 5.75 Å². The highest BCUT2D eigenvalue weighted by molar-refractivity contribution is 7.89. The van der Waals surface area contributed by atoms with Crippen molar-refractivity contribution in [2.24, 2.45) is 5.92 Å². The highest BCUT2D eigenvalue weighted by Gasteiger charge is 2.33. The van der Waals surface area contributed by atoms with Gasteiger partial charge in [0.15, 0.2) is 11.6 Å². The van der Waals surface area contributed by atoms with Crippen LogP contribution >= 0.6 is 0 Å². The number of hydrogen-bond acceptors (Lipinski definition) is 4. The topological polar surface area (TPSA) is 75.7 Å². The second kappa shape index (κ2) is 8.46. The van der Waals surface area contributed by atoms with Crippen molar-refractivity contribution in [3.63, 3.8) is 0 Å². The summed E-state index contributed by atoms with van der Waals surface area (Å²) in [4.78, 5) is 12.7. The van der Waals surface area contributed by atoms with Gasteiger partial charge in [-0.05, 0) is 55.7 Å². The van der Waals surface area contributed by atoms with Gasteiger partial charge in [-0.2, -0.15) is 4.31 Å². The van der Waals surface area contributed by atoms with Crippen LogP contribution in [0.25, 0.3) is 0 Å². The van der Waals surface area contributed by atoms with Crippen LogP contribution in [-0.2, 0) is 14.8 Å². The molecule has 29 heavy (non-hydrogen) atoms. The molecule has 1 atom stereocenters. The molecular formula is C20H22F2N2O4S. The summed E-state index contributed by atoms with van der Waals surface area (Å²) in [6, 6.07) is 7.69. The Kier molecular flexibility index (Phi) is 6.18. The Morgan fingerprint density at radius 1 is 1.17 bits per heavy atom. The largest absolute Gasteiger partial charge is 0.496 e. The smallest absolute Gasteiger partial charge is 0.243 e. The Bertz CT molecular complexity index is 1030. The Morgan fingerprint density at radius 3 is 2.59 bits per heavy atom. The van der Waals surface area contributed by atoms with Crippen molar-refractivity contribution in [2.75, 3.05) is 25.5 Å². The van der Waals surface area contributed by atoms with Crippen molar-refractivity contribution < 1.29 is 26.7 Å². The standard InChI is InChI=1S/C20H22F2N2O4S/c1-13-10-16(6-8-19(13)28-2)29(26,27)24-9-3-4-14(12-24)20(25)23-15-5-7-17(21)18(22)11-15/h5-8,10-11,14H,3-4,9,12H2,1-2H3,(H,23,25)/t14-/m1/s1. The van der Waals surface area contributed by atoms with E-state index in [1.54, 1.807) is 19.1 Å². The van der Waals surface area contributed by atoms with E-state index in [0.29, 0.717) is 30.7 Å². The first-order valence-electron chi connectivity index (χ1n) is 9.13. The molecule has 0 radical (unpaired) electrons. The number of anilines is 1. The Labute approximate surface area is 168 Å². The minimum Gasteiger partial charge on any atom is -0.496 e. The molecule has 1 saturated heterocycles. The van der Waals surface area contributed by atoms with Gasteiger partial charge in [0.1, 0.15) is 5.75 Å². The maximum absolute atomic E-state index is 13.3. The van der Waals surface area contributed by atoms with Crippen LogP contribution in [0.4, 0.5) is 14.5 Å². The molecule has 2 aromatic carbocycles. The Hall–Kier alpha value is -2.52. The third kappa shape index (κ3) is 4.56. The maximum Gasteiger partial charge on any atom is 0.243 e. The summed E-state index contributed by atoms with van der Waals surface area (Å²) in [5.41, 5.74) is 0.817. The number of aryl methyl sites for hydroxylation is 1. The van der Waals surface area contributed by atoms with Crippen molar-refractivity contribution in [1.82, 2.24) is 4.31 Å². The zero-order valence-electron chi connectivity index (χ0n) is 16.1. The van der Waals surface area contributed by atoms with Crippen LogP contribution in [0.2, 0.25) is 0 Å². The number of nitrogens with one attached hydrogen (secondary N) is 1. The van der Waals surface area contributed by atoms with Crippen LogP contribution < -0.4 is 10.1 Å². The van der Waals surface area contributed by atoms with E-state index in [9.17, 15) is 22.0 Å². The molecule has 9 heteroatoms. The quantitative estimate of drug-likeness (QED) is 0.799. The van der Waals surface area contributed by atoms with Gasteiger partial charge in [0.05, 0.1) is 17.9 Å². The summed E-state index contributed by atoms with van der Waals surface area (Å²) in [5, 5.41) is 2.53. The fourth-order valence-corrected chi connectivity index (χ4v) is 4.96. The molecule has 0 spiro atoms. The lowest BCUT2D eigenvalue weighted by atomic mass is 9.98. The second-order valence-corrected chi connectivity index (χ2v) is 8.89. The van der Waals surface area contributed by atoms with Gasteiger partial charge >= 0.3 is 0 Å². The van der Waals surface area contributed by atoms with Crippen molar-refractivity contribution in [2.45, 2.75) is 24.7 Å². The van der Waals surface area contributed by atoms with E-state index < -0.39 is 33.5 Å². The van der Waals surface area contributed by atoms with Gasteiger partial charge in [0.25, 0.3) is 0 Å². The Balaban J connectivity index is 1.74. The first-order valence-corrected chi connectivity index (χ1v) is 10.6. The molecule has 0 aliphatic carbocycles. The number of methoxy groups -OCH3 is 1. The maximum atomic E-state index is 13.3. The van der Waals surface area contributed by atoms with Crippen LogP contribution in [0.3, 0.4) is 0 Å². The highest BCUT2D eigenvalue weighted by atomic mass is 32.2. The van der Waals surface area contributed by atoms with Gasteiger partial charge in [-0.1, -0.05) is 0 Å². The molecule has 1 fully saturated rings. The van der Waals surface area contributed by atoms with Gasteiger partial charge in [-0.15, -0.1) is 0 Å². The van der Waals surface area contributed by atoms with Crippen LogP contribution in [0, 0.1) is 24.5 Å². The number of ether oxygens (including phenoxy) is 1. The van der Waals surface area contributed by atoms with Crippen LogP contribution in [-0.4, -0.2) is 38.8 Å². The summed E-state index contributed by atoms with van der Waals surface area (Å²) in [5.74, 6) is -2.50. The van der Waals surface area contributed by atoms with Crippen molar-refractivity contribution in [1.29, 1.82) is 0 Å². The molecule has 0 bridgehead atoms. The molecule has 0 unspecified atom stereocenters. The first-order chi connectivity index (χ1) is 13.7. The third-order valence-electron chi connectivity index (χ3n) is 4.95. The molecule has 156 valence electrons. The molecule has 6 nitrogen and oxygen atoms in total. The molecule has 1 aliphatic heterocycles. The zero-order valence-corrected chi connectivity index (χ0v) is 16.9. The average molecular weight is 424 g/mol. The predicted molar refractivity (Wildman–Crippen MR) is 104 cm³/mol. The van der Waals surface area contributed by atoms with E-state index in [4.69, 9.17) is 4.74 Å². The van der Waals surface area contributed by atoms with Crippen molar-refractivity contribution in [3.05, 3.63) is 53.6 Å². The van der Waals surface area contributed by atoms with Crippen molar-refractivity contribution in [3.8, 4) is 5.75 Å². The molecule has 1 N–H and O–H groups in total. The molecule has 1 heterocycles. The fourth-order valence-electron chi connectivity index (χ4n) is 3.35. The minimum absolute atomic E-state index is 0.0168. The van der Waals surface area contributed by atoms with Gasteiger partial charge in [0, 0.05) is 24.8 Å². The van der Waals surface area contributed by atoms with Gasteiger partial charge < -0.3 is 10.1 Å². The average Bonchev–Trinajstić information content (AvgIpc) is 2.70. The number of halogens is 2. The van der Waals surface area contributed by atoms with Gasteiger partial charge in [0.2, 0.25) is 15.9 Å². The normalized spacial score (nSPS) is 17.7. The summed E-state index contributed by atoms with van der Waals surface area (Å²) < 4.78 is 58.9. The second-order valence-electron chi connectivity index (χ2n) is 6.95. The van der Waals surface area contributed by atoms with Crippen LogP contribution in [0.1, 0.15) is 18.4 Å². The van der Waals surface area contributed by atoms with Crippen molar-refractivity contribution >= 4 is 21.6 Å². The highest BCUT2D eigenvalue weighted by Crippen LogP contribution is 2.28. The summed E-state index contributed by atoms with van der Waals surface area (Å²) in [6.45, 7) is 2.08. The zero-order chi connectivity index (χ0) is 21.2. The number of piperidine rings is 1. The minimum atomic E-state index is -3.77. The number of rotatable bonds is 5. The number of carbonyl (C=O) groups excluding carboxylic acids is 1. The SMILES string of the molecule is COc1ccc(S(=O)(=O)N2CCC[C@@H](C(=O)Nc3ccc(F)c(F)c3)C2)cc1C. The molecule has 0 aromatic heterocycles. The summed E-state index contributed by atoms with van der Waals surface area (Å²) in [6.07, 6.45) is 1.02. The van der Waals surface area contributed by atoms with E-state index >= 15 is 0 Å². The third-order valence-corrected chi connectivity index (χ3v) is 6.81. The van der Waals surface area contributed by atoms with E-state index in [-0.39, 0.29) is 17.1 Å². The number of amides is 1. The predicted octanol–water partition coefficient (Wildman–Crippen LogP) is 3.32.